The van der Waals surface area contributed by atoms with E-state index in [9.17, 15) is 8.42 Å². The quantitative estimate of drug-likeness (QED) is 0.931. The van der Waals surface area contributed by atoms with Gasteiger partial charge in [0.05, 0.1) is 10.6 Å². The molecule has 0 radical (unpaired) electrons. The molecule has 0 aliphatic heterocycles. The van der Waals surface area contributed by atoms with Gasteiger partial charge in [-0.1, -0.05) is 16.8 Å². The molecule has 5 nitrogen and oxygen atoms in total. The Hall–Kier alpha value is -1.53. The zero-order chi connectivity index (χ0) is 12.5. The molecule has 0 spiro atoms. The van der Waals surface area contributed by atoms with Crippen LogP contribution in [0.25, 0.3) is 0 Å². The monoisotopic (exact) mass is 272 g/mol. The Kier molecular flexibility index (Phi) is 3.08. The molecular formula is C10H9ClN2O3S. The molecule has 2 rings (SSSR count). The van der Waals surface area contributed by atoms with Crippen molar-refractivity contribution in [2.75, 3.05) is 4.72 Å². The zero-order valence-electron chi connectivity index (χ0n) is 8.84. The first-order chi connectivity index (χ1) is 7.97. The number of aromatic nitrogens is 1. The minimum absolute atomic E-state index is 0.0810. The van der Waals surface area contributed by atoms with Crippen LogP contribution in [0.15, 0.2) is 39.8 Å². The van der Waals surface area contributed by atoms with Crippen molar-refractivity contribution in [1.29, 1.82) is 0 Å². The van der Waals surface area contributed by atoms with Gasteiger partial charge < -0.3 is 4.52 Å². The van der Waals surface area contributed by atoms with Crippen molar-refractivity contribution in [3.63, 3.8) is 0 Å². The highest BCUT2D eigenvalue weighted by atomic mass is 35.5. The lowest BCUT2D eigenvalue weighted by atomic mass is 10.4. The molecule has 1 heterocycles. The summed E-state index contributed by atoms with van der Waals surface area (Å²) in [5.41, 5.74) is 0.596. The summed E-state index contributed by atoms with van der Waals surface area (Å²) in [5.74, 6) is 0.0810. The smallest absolute Gasteiger partial charge is 0.264 e. The van der Waals surface area contributed by atoms with Crippen LogP contribution in [-0.4, -0.2) is 13.6 Å². The van der Waals surface area contributed by atoms with E-state index in [4.69, 9.17) is 16.1 Å². The van der Waals surface area contributed by atoms with Gasteiger partial charge in [-0.25, -0.2) is 13.1 Å². The van der Waals surface area contributed by atoms with Gasteiger partial charge in [-0.3, -0.25) is 0 Å². The third kappa shape index (κ3) is 2.78. The number of rotatable bonds is 3. The fraction of sp³-hybridized carbons (Fsp3) is 0.100. The van der Waals surface area contributed by atoms with E-state index >= 15 is 0 Å². The van der Waals surface area contributed by atoms with Crippen molar-refractivity contribution in [3.8, 4) is 0 Å². The largest absolute Gasteiger partial charge is 0.338 e. The van der Waals surface area contributed by atoms with Crippen molar-refractivity contribution in [2.24, 2.45) is 0 Å². The molecule has 0 aliphatic rings. The Balaban J connectivity index is 2.28. The predicted molar refractivity (Wildman–Crippen MR) is 63.5 cm³/mol. The molecule has 1 aromatic heterocycles. The summed E-state index contributed by atoms with van der Waals surface area (Å²) in [4.78, 5) is 0.107. The van der Waals surface area contributed by atoms with Crippen LogP contribution in [0.1, 0.15) is 5.69 Å². The normalized spacial score (nSPS) is 11.4. The van der Waals surface area contributed by atoms with Crippen LogP contribution in [0.4, 0.5) is 5.88 Å². The lowest BCUT2D eigenvalue weighted by molar-refractivity contribution is 0.430. The lowest BCUT2D eigenvalue weighted by Gasteiger charge is -2.04. The molecule has 0 saturated heterocycles. The predicted octanol–water partition coefficient (Wildman–Crippen LogP) is 2.44. The van der Waals surface area contributed by atoms with Crippen LogP contribution in [0.3, 0.4) is 0 Å². The van der Waals surface area contributed by atoms with Crippen LogP contribution in [-0.2, 0) is 10.0 Å². The number of nitrogens with zero attached hydrogens (tertiary/aromatic N) is 1. The molecule has 0 saturated carbocycles. The Bertz CT molecular complexity index is 619. The number of aryl methyl sites for hydroxylation is 1. The Morgan fingerprint density at radius 2 is 1.94 bits per heavy atom. The maximum Gasteiger partial charge on any atom is 0.264 e. The van der Waals surface area contributed by atoms with Gasteiger partial charge in [0.1, 0.15) is 0 Å². The van der Waals surface area contributed by atoms with E-state index in [2.05, 4.69) is 9.88 Å². The molecule has 0 aliphatic carbocycles. The lowest BCUT2D eigenvalue weighted by Crippen LogP contribution is -2.12. The van der Waals surface area contributed by atoms with Crippen LogP contribution in [0, 0.1) is 6.92 Å². The Morgan fingerprint density at radius 3 is 2.47 bits per heavy atom. The summed E-state index contributed by atoms with van der Waals surface area (Å²) >= 11 is 5.68. The number of halogens is 1. The molecular weight excluding hydrogens is 264 g/mol. The van der Waals surface area contributed by atoms with Gasteiger partial charge in [0.2, 0.25) is 5.88 Å². The van der Waals surface area contributed by atoms with E-state index in [0.29, 0.717) is 10.7 Å². The van der Waals surface area contributed by atoms with E-state index in [0.717, 1.165) is 0 Å². The van der Waals surface area contributed by atoms with Crippen molar-refractivity contribution in [3.05, 3.63) is 41.0 Å². The maximum atomic E-state index is 11.9. The number of sulfonamides is 1. The molecule has 2 aromatic rings. The number of anilines is 1. The van der Waals surface area contributed by atoms with E-state index in [-0.39, 0.29) is 10.8 Å². The highest BCUT2D eigenvalue weighted by molar-refractivity contribution is 7.92. The second-order valence-electron chi connectivity index (χ2n) is 3.39. The van der Waals surface area contributed by atoms with Crippen molar-refractivity contribution < 1.29 is 12.9 Å². The molecule has 0 bridgehead atoms. The Labute approximate surface area is 103 Å². The first-order valence-corrected chi connectivity index (χ1v) is 6.55. The average Bonchev–Trinajstić information content (AvgIpc) is 2.63. The standard InChI is InChI=1S/C10H9ClN2O3S/c1-7-6-10(16-12-7)13-17(14,15)9-4-2-8(11)3-5-9/h2-6,13H,1H3. The molecule has 0 fully saturated rings. The molecule has 0 amide bonds. The molecule has 7 heteroatoms. The van der Waals surface area contributed by atoms with Gasteiger partial charge in [0.15, 0.2) is 0 Å². The van der Waals surface area contributed by atoms with Crippen molar-refractivity contribution in [1.82, 2.24) is 5.16 Å². The Morgan fingerprint density at radius 1 is 1.29 bits per heavy atom. The highest BCUT2D eigenvalue weighted by Crippen LogP contribution is 2.18. The average molecular weight is 273 g/mol. The van der Waals surface area contributed by atoms with Gasteiger partial charge in [-0.15, -0.1) is 0 Å². The molecule has 1 aromatic carbocycles. The van der Waals surface area contributed by atoms with Crippen LogP contribution >= 0.6 is 11.6 Å². The first-order valence-electron chi connectivity index (χ1n) is 4.69. The van der Waals surface area contributed by atoms with E-state index in [1.807, 2.05) is 0 Å². The minimum atomic E-state index is -3.66. The molecule has 0 unspecified atom stereocenters. The first kappa shape index (κ1) is 11.9. The molecule has 90 valence electrons. The van der Waals surface area contributed by atoms with E-state index < -0.39 is 10.0 Å². The fourth-order valence-corrected chi connectivity index (χ4v) is 2.32. The minimum Gasteiger partial charge on any atom is -0.338 e. The van der Waals surface area contributed by atoms with Crippen LogP contribution < -0.4 is 4.72 Å². The summed E-state index contributed by atoms with van der Waals surface area (Å²) in [5, 5.41) is 4.06. The summed E-state index contributed by atoms with van der Waals surface area (Å²) < 4.78 is 30.8. The van der Waals surface area contributed by atoms with E-state index in [1.54, 1.807) is 6.92 Å². The third-order valence-corrected chi connectivity index (χ3v) is 3.60. The number of nitrogens with one attached hydrogen (secondary N) is 1. The van der Waals surface area contributed by atoms with Crippen LogP contribution in [0.2, 0.25) is 5.02 Å². The summed E-state index contributed by atoms with van der Waals surface area (Å²) in [6.07, 6.45) is 0. The number of hydrogen-bond donors (Lipinski definition) is 1. The third-order valence-electron chi connectivity index (χ3n) is 1.99. The molecule has 1 N–H and O–H groups in total. The van der Waals surface area contributed by atoms with Gasteiger partial charge in [0.25, 0.3) is 10.0 Å². The zero-order valence-corrected chi connectivity index (χ0v) is 10.4. The van der Waals surface area contributed by atoms with E-state index in [1.165, 1.54) is 30.3 Å². The summed E-state index contributed by atoms with van der Waals surface area (Å²) in [7, 11) is -3.66. The van der Waals surface area contributed by atoms with Gasteiger partial charge in [0, 0.05) is 11.1 Å². The summed E-state index contributed by atoms with van der Waals surface area (Å²) in [6.45, 7) is 1.70. The van der Waals surface area contributed by atoms with Gasteiger partial charge >= 0.3 is 0 Å². The number of hydrogen-bond acceptors (Lipinski definition) is 4. The second-order valence-corrected chi connectivity index (χ2v) is 5.51. The SMILES string of the molecule is Cc1cc(NS(=O)(=O)c2ccc(Cl)cc2)on1. The molecule has 0 atom stereocenters. The van der Waals surface area contributed by atoms with Gasteiger partial charge in [-0.05, 0) is 31.2 Å². The van der Waals surface area contributed by atoms with Crippen molar-refractivity contribution >= 4 is 27.5 Å². The highest BCUT2D eigenvalue weighted by Gasteiger charge is 2.16. The summed E-state index contributed by atoms with van der Waals surface area (Å²) in [6, 6.07) is 7.32. The maximum absolute atomic E-state index is 11.9. The topological polar surface area (TPSA) is 72.2 Å². The van der Waals surface area contributed by atoms with Crippen LogP contribution in [0.5, 0.6) is 0 Å². The second kappa shape index (κ2) is 4.38. The number of benzene rings is 1. The molecule has 17 heavy (non-hydrogen) atoms. The van der Waals surface area contributed by atoms with Crippen molar-refractivity contribution in [2.45, 2.75) is 11.8 Å². The van der Waals surface area contributed by atoms with Gasteiger partial charge in [-0.2, -0.15) is 0 Å². The fourth-order valence-electron chi connectivity index (χ4n) is 1.22.